The van der Waals surface area contributed by atoms with Crippen LogP contribution >= 0.6 is 0 Å². The molecule has 0 spiro atoms. The lowest BCUT2D eigenvalue weighted by molar-refractivity contribution is 0.324. The van der Waals surface area contributed by atoms with Gasteiger partial charge in [-0.25, -0.2) is 0 Å². The Kier molecular flexibility index (Phi) is 1.89. The van der Waals surface area contributed by atoms with Gasteiger partial charge in [-0.3, -0.25) is 4.18 Å². The predicted molar refractivity (Wildman–Crippen MR) is 43.8 cm³/mol. The van der Waals surface area contributed by atoms with Crippen LogP contribution in [0.4, 0.5) is 0 Å². The second kappa shape index (κ2) is 2.68. The summed E-state index contributed by atoms with van der Waals surface area (Å²) in [5.74, 6) is 0. The van der Waals surface area contributed by atoms with Crippen LogP contribution in [0.5, 0.6) is 0 Å². The topological polar surface area (TPSA) is 46.6 Å². The number of nitrogens with zero attached hydrogens (tertiary/aromatic N) is 1. The van der Waals surface area contributed by atoms with Crippen LogP contribution in [0.3, 0.4) is 0 Å². The maximum absolute atomic E-state index is 11.3. The van der Waals surface area contributed by atoms with Gasteiger partial charge in [0.1, 0.15) is 0 Å². The van der Waals surface area contributed by atoms with Gasteiger partial charge in [0.2, 0.25) is 0 Å². The molecular formula is C7H13NO3S. The Balaban J connectivity index is 2.28. The molecule has 0 radical (unpaired) electrons. The van der Waals surface area contributed by atoms with Crippen molar-refractivity contribution >= 4 is 10.3 Å². The average molecular weight is 191 g/mol. The van der Waals surface area contributed by atoms with Crippen molar-refractivity contribution in [3.8, 4) is 0 Å². The van der Waals surface area contributed by atoms with Crippen molar-refractivity contribution in [1.29, 1.82) is 0 Å². The van der Waals surface area contributed by atoms with Crippen LogP contribution in [0.15, 0.2) is 0 Å². The Hall–Kier alpha value is -0.130. The zero-order chi connectivity index (χ0) is 8.77. The molecule has 2 aliphatic rings. The quantitative estimate of drug-likeness (QED) is 0.606. The fraction of sp³-hybridized carbons (Fsp3) is 1.00. The summed E-state index contributed by atoms with van der Waals surface area (Å²) in [4.78, 5) is 0. The molecule has 4 nitrogen and oxygen atoms in total. The van der Waals surface area contributed by atoms with Crippen molar-refractivity contribution < 1.29 is 12.6 Å². The molecule has 2 fully saturated rings. The zero-order valence-corrected chi connectivity index (χ0v) is 7.88. The fourth-order valence-corrected chi connectivity index (χ4v) is 3.67. The third kappa shape index (κ3) is 1.08. The minimum Gasteiger partial charge on any atom is -0.256 e. The van der Waals surface area contributed by atoms with Crippen molar-refractivity contribution in [3.63, 3.8) is 0 Å². The van der Waals surface area contributed by atoms with Crippen molar-refractivity contribution in [2.24, 2.45) is 0 Å². The fourth-order valence-electron chi connectivity index (χ4n) is 2.07. The van der Waals surface area contributed by atoms with Gasteiger partial charge in [-0.1, -0.05) is 6.92 Å². The highest BCUT2D eigenvalue weighted by Crippen LogP contribution is 2.34. The second-order valence-electron chi connectivity index (χ2n) is 3.37. The molecule has 0 bridgehead atoms. The van der Waals surface area contributed by atoms with Gasteiger partial charge in [-0.15, -0.1) is 0 Å². The minimum atomic E-state index is -3.35. The molecule has 2 heterocycles. The maximum Gasteiger partial charge on any atom is 0.339 e. The Morgan fingerprint density at radius 3 is 2.92 bits per heavy atom. The Labute approximate surface area is 72.8 Å². The normalized spacial score (nSPS) is 40.1. The summed E-state index contributed by atoms with van der Waals surface area (Å²) < 4.78 is 28.9. The van der Waals surface area contributed by atoms with Gasteiger partial charge in [0.25, 0.3) is 0 Å². The third-order valence-corrected chi connectivity index (χ3v) is 4.24. The second-order valence-corrected chi connectivity index (χ2v) is 4.88. The molecule has 0 unspecified atom stereocenters. The number of rotatable bonds is 1. The highest BCUT2D eigenvalue weighted by molar-refractivity contribution is 7.84. The Bertz CT molecular complexity index is 274. The average Bonchev–Trinajstić information content (AvgIpc) is 2.53. The molecular weight excluding hydrogens is 178 g/mol. The molecule has 0 saturated carbocycles. The van der Waals surface area contributed by atoms with E-state index in [1.54, 1.807) is 4.31 Å². The highest BCUT2D eigenvalue weighted by atomic mass is 32.2. The summed E-state index contributed by atoms with van der Waals surface area (Å²) >= 11 is 0. The summed E-state index contributed by atoms with van der Waals surface area (Å²) in [6, 6.07) is 0.308. The first kappa shape index (κ1) is 8.47. The van der Waals surface area contributed by atoms with E-state index in [0.29, 0.717) is 6.61 Å². The van der Waals surface area contributed by atoms with Crippen LogP contribution in [0.2, 0.25) is 0 Å². The highest BCUT2D eigenvalue weighted by Gasteiger charge is 2.46. The lowest BCUT2D eigenvalue weighted by Gasteiger charge is -2.18. The number of hydrogen-bond acceptors (Lipinski definition) is 3. The largest absolute Gasteiger partial charge is 0.339 e. The molecule has 2 atom stereocenters. The van der Waals surface area contributed by atoms with Crippen LogP contribution in [0, 0.1) is 0 Å². The van der Waals surface area contributed by atoms with E-state index in [4.69, 9.17) is 4.18 Å². The summed E-state index contributed by atoms with van der Waals surface area (Å²) in [7, 11) is -3.35. The van der Waals surface area contributed by atoms with Crippen molar-refractivity contribution in [1.82, 2.24) is 4.31 Å². The molecule has 0 aliphatic carbocycles. The van der Waals surface area contributed by atoms with Gasteiger partial charge in [0, 0.05) is 6.04 Å². The molecule has 2 rings (SSSR count). The molecule has 5 heteroatoms. The van der Waals surface area contributed by atoms with Gasteiger partial charge in [-0.2, -0.15) is 12.7 Å². The first-order valence-electron chi connectivity index (χ1n) is 4.33. The van der Waals surface area contributed by atoms with Gasteiger partial charge in [0.05, 0.1) is 12.6 Å². The zero-order valence-electron chi connectivity index (χ0n) is 7.06. The van der Waals surface area contributed by atoms with E-state index >= 15 is 0 Å². The van der Waals surface area contributed by atoms with E-state index in [-0.39, 0.29) is 12.1 Å². The molecule has 0 amide bonds. The van der Waals surface area contributed by atoms with Crippen LogP contribution in [0.1, 0.15) is 26.2 Å². The molecule has 0 aromatic rings. The van der Waals surface area contributed by atoms with Crippen molar-refractivity contribution in [2.45, 2.75) is 38.3 Å². The molecule has 2 aliphatic heterocycles. The molecule has 0 aromatic carbocycles. The molecule has 12 heavy (non-hydrogen) atoms. The minimum absolute atomic E-state index is 0.125. The van der Waals surface area contributed by atoms with E-state index in [2.05, 4.69) is 0 Å². The van der Waals surface area contributed by atoms with E-state index in [1.807, 2.05) is 6.92 Å². The lowest BCUT2D eigenvalue weighted by Crippen LogP contribution is -2.35. The molecule has 0 N–H and O–H groups in total. The van der Waals surface area contributed by atoms with Gasteiger partial charge in [-0.05, 0) is 19.3 Å². The SMILES string of the molecule is CC[C@@H]1CC[C@H]2COS(=O)(=O)N12. The summed E-state index contributed by atoms with van der Waals surface area (Å²) in [5.41, 5.74) is 0. The smallest absolute Gasteiger partial charge is 0.256 e. The predicted octanol–water partition coefficient (Wildman–Crippen LogP) is 0.504. The van der Waals surface area contributed by atoms with Crippen molar-refractivity contribution in [3.05, 3.63) is 0 Å². The van der Waals surface area contributed by atoms with Gasteiger partial charge >= 0.3 is 10.3 Å². The summed E-state index contributed by atoms with van der Waals surface area (Å²) in [5, 5.41) is 0. The van der Waals surface area contributed by atoms with E-state index in [9.17, 15) is 8.42 Å². The first-order chi connectivity index (χ1) is 5.65. The van der Waals surface area contributed by atoms with E-state index < -0.39 is 10.3 Å². The van der Waals surface area contributed by atoms with Crippen LogP contribution in [-0.4, -0.2) is 31.4 Å². The first-order valence-corrected chi connectivity index (χ1v) is 5.69. The van der Waals surface area contributed by atoms with Gasteiger partial charge < -0.3 is 0 Å². The number of fused-ring (bicyclic) bond motifs is 1. The van der Waals surface area contributed by atoms with E-state index in [0.717, 1.165) is 19.3 Å². The molecule has 70 valence electrons. The van der Waals surface area contributed by atoms with Crippen LogP contribution < -0.4 is 0 Å². The van der Waals surface area contributed by atoms with Crippen LogP contribution in [-0.2, 0) is 14.5 Å². The molecule has 2 saturated heterocycles. The maximum atomic E-state index is 11.3. The van der Waals surface area contributed by atoms with E-state index in [1.165, 1.54) is 0 Å². The van der Waals surface area contributed by atoms with Gasteiger partial charge in [0.15, 0.2) is 0 Å². The summed E-state index contributed by atoms with van der Waals surface area (Å²) in [6.45, 7) is 2.37. The lowest BCUT2D eigenvalue weighted by atomic mass is 10.2. The Morgan fingerprint density at radius 1 is 1.50 bits per heavy atom. The molecule has 0 aromatic heterocycles. The van der Waals surface area contributed by atoms with Crippen molar-refractivity contribution in [2.75, 3.05) is 6.61 Å². The number of hydrogen-bond donors (Lipinski definition) is 0. The monoisotopic (exact) mass is 191 g/mol. The standard InChI is InChI=1S/C7H13NO3S/c1-2-6-3-4-7-5-11-12(9,10)8(6)7/h6-7H,2-5H2,1H3/t6-,7+/m1/s1. The Morgan fingerprint density at radius 2 is 2.25 bits per heavy atom. The van der Waals surface area contributed by atoms with Crippen LogP contribution in [0.25, 0.3) is 0 Å². The summed E-state index contributed by atoms with van der Waals surface area (Å²) in [6.07, 6.45) is 2.83. The third-order valence-electron chi connectivity index (χ3n) is 2.69.